The van der Waals surface area contributed by atoms with Crippen molar-refractivity contribution in [3.8, 4) is 5.75 Å². The smallest absolute Gasteiger partial charge is 0.236 e. The zero-order valence-corrected chi connectivity index (χ0v) is 37.1. The van der Waals surface area contributed by atoms with Crippen molar-refractivity contribution in [2.75, 3.05) is 51.8 Å². The van der Waals surface area contributed by atoms with Crippen LogP contribution in [-0.2, 0) is 14.9 Å². The van der Waals surface area contributed by atoms with E-state index in [2.05, 4.69) is 10.2 Å². The molecule has 9 nitrogen and oxygen atoms in total. The fourth-order valence-electron chi connectivity index (χ4n) is 6.41. The Morgan fingerprint density at radius 1 is 0.881 bits per heavy atom. The maximum atomic E-state index is 16.2. The van der Waals surface area contributed by atoms with Gasteiger partial charge in [0.15, 0.2) is 17.4 Å². The van der Waals surface area contributed by atoms with E-state index in [0.29, 0.717) is 47.3 Å². The number of rotatable bonds is 23. The molecular formula is C42H51F4N3O6S4. The zero-order chi connectivity index (χ0) is 44.0. The van der Waals surface area contributed by atoms with Gasteiger partial charge >= 0.3 is 0 Å². The molecule has 17 heteroatoms. The predicted octanol–water partition coefficient (Wildman–Crippen LogP) is 8.92. The highest BCUT2D eigenvalue weighted by molar-refractivity contribution is 8.25. The lowest BCUT2D eigenvalue weighted by molar-refractivity contribution is -0.890. The van der Waals surface area contributed by atoms with Crippen LogP contribution >= 0.6 is 35.7 Å². The minimum Gasteiger partial charge on any atom is -0.748 e. The van der Waals surface area contributed by atoms with Crippen LogP contribution < -0.4 is 10.1 Å². The molecular weight excluding hydrogens is 847 g/mol. The topological polar surface area (TPSA) is 117 Å². The van der Waals surface area contributed by atoms with Crippen LogP contribution in [0.2, 0.25) is 0 Å². The fourth-order valence-corrected chi connectivity index (χ4v) is 9.52. The third kappa shape index (κ3) is 15.8. The van der Waals surface area contributed by atoms with Gasteiger partial charge < -0.3 is 23.9 Å². The highest BCUT2D eigenvalue weighted by atomic mass is 32.2. The first-order chi connectivity index (χ1) is 27.6. The van der Waals surface area contributed by atoms with Crippen molar-refractivity contribution < 1.29 is 49.3 Å². The number of nitrogens with zero attached hydrogens (tertiary/aromatic N) is 2. The van der Waals surface area contributed by atoms with Gasteiger partial charge in [-0.25, -0.2) is 23.8 Å². The number of ether oxygens (including phenoxy) is 1. The van der Waals surface area contributed by atoms with Gasteiger partial charge in [0.05, 0.1) is 52.9 Å². The van der Waals surface area contributed by atoms with Gasteiger partial charge in [-0.1, -0.05) is 96.4 Å². The lowest BCUT2D eigenvalue weighted by Gasteiger charge is -2.34. The summed E-state index contributed by atoms with van der Waals surface area (Å²) in [4.78, 5) is 30.1. The molecule has 0 heterocycles. The van der Waals surface area contributed by atoms with E-state index in [1.54, 1.807) is 60.7 Å². The number of unbranched alkanes of at least 4 members (excludes halogenated alkanes) is 1. The number of benzene rings is 3. The molecule has 0 saturated heterocycles. The van der Waals surface area contributed by atoms with Crippen LogP contribution in [0, 0.1) is 29.8 Å². The number of thioether (sulfide) groups is 2. The summed E-state index contributed by atoms with van der Waals surface area (Å²) in [6.07, 6.45) is 0.584. The summed E-state index contributed by atoms with van der Waals surface area (Å²) in [7, 11) is -0.639. The van der Waals surface area contributed by atoms with Crippen LogP contribution in [0.1, 0.15) is 86.7 Å². The lowest BCUT2D eigenvalue weighted by Crippen LogP contribution is -2.46. The Kier molecular flexibility index (Phi) is 18.9. The van der Waals surface area contributed by atoms with Gasteiger partial charge in [0.25, 0.3) is 0 Å². The number of hydrogen-bond donors (Lipinski definition) is 1. The molecule has 0 aromatic heterocycles. The molecule has 0 radical (unpaired) electrons. The number of nitrogens with one attached hydrogen (secondary N) is 1. The Labute approximate surface area is 359 Å². The van der Waals surface area contributed by atoms with Gasteiger partial charge in [-0.2, -0.15) is 8.78 Å². The number of carbonyl (C=O) groups is 2. The van der Waals surface area contributed by atoms with Gasteiger partial charge in [0.1, 0.15) is 0 Å². The highest BCUT2D eigenvalue weighted by Gasteiger charge is 2.44. The molecule has 3 aromatic rings. The summed E-state index contributed by atoms with van der Waals surface area (Å²) < 4.78 is 101. The Bertz CT molecular complexity index is 2040. The van der Waals surface area contributed by atoms with Crippen molar-refractivity contribution in [3.63, 3.8) is 0 Å². The van der Waals surface area contributed by atoms with Gasteiger partial charge in [0, 0.05) is 62.3 Å². The molecule has 0 saturated carbocycles. The Morgan fingerprint density at radius 2 is 1.44 bits per heavy atom. The van der Waals surface area contributed by atoms with E-state index in [9.17, 15) is 22.6 Å². The second kappa shape index (κ2) is 22.4. The molecule has 1 amide bonds. The molecule has 2 unspecified atom stereocenters. The molecule has 59 heavy (non-hydrogen) atoms. The van der Waals surface area contributed by atoms with Crippen LogP contribution in [0.15, 0.2) is 60.7 Å². The molecule has 3 aromatic carbocycles. The third-order valence-electron chi connectivity index (χ3n) is 9.57. The second-order valence-electron chi connectivity index (χ2n) is 15.7. The van der Waals surface area contributed by atoms with Crippen molar-refractivity contribution in [1.29, 1.82) is 0 Å². The maximum absolute atomic E-state index is 16.2. The number of hydrogen-bond acceptors (Lipinski definition) is 9. The third-order valence-corrected chi connectivity index (χ3v) is 13.1. The molecule has 0 aliphatic carbocycles. The van der Waals surface area contributed by atoms with E-state index in [-0.39, 0.29) is 48.1 Å². The first kappa shape index (κ1) is 49.8. The van der Waals surface area contributed by atoms with Crippen LogP contribution in [-0.4, -0.2) is 94.8 Å². The predicted molar refractivity (Wildman–Crippen MR) is 230 cm³/mol. The quantitative estimate of drug-likeness (QED) is 0.0190. The van der Waals surface area contributed by atoms with Crippen molar-refractivity contribution in [1.82, 2.24) is 5.32 Å². The van der Waals surface area contributed by atoms with E-state index in [1.807, 2.05) is 14.1 Å². The number of amides is 1. The molecule has 0 spiro atoms. The minimum absolute atomic E-state index is 0.140. The number of halogens is 4. The number of carbonyl (C=O) groups excluding carboxylic acids is 2. The highest BCUT2D eigenvalue weighted by Crippen LogP contribution is 2.45. The van der Waals surface area contributed by atoms with E-state index in [4.69, 9.17) is 23.5 Å². The van der Waals surface area contributed by atoms with E-state index in [0.717, 1.165) is 23.5 Å². The average molecular weight is 898 g/mol. The van der Waals surface area contributed by atoms with Crippen molar-refractivity contribution in [3.05, 3.63) is 112 Å². The number of quaternary nitrogens is 1. The molecule has 0 aliphatic rings. The SMILES string of the molecule is [C-]#[N+]C(C)(C)CC(CC(C)(SC(=S)c1ccccc1)C(=O)NCCC[N+](C)(C)CCCS(=O)(=O)[O-])c1c(F)c(F)c(OCCCCSC(=O)c2ccccc2)c(F)c1F. The van der Waals surface area contributed by atoms with Gasteiger partial charge in [-0.3, -0.25) is 9.59 Å². The van der Waals surface area contributed by atoms with Crippen molar-refractivity contribution in [2.24, 2.45) is 0 Å². The Balaban J connectivity index is 1.86. The second-order valence-corrected chi connectivity index (χ2v) is 20.5. The minimum atomic E-state index is -4.35. The molecule has 0 aliphatic heterocycles. The number of thiocarbonyl (C=S) groups is 1. The van der Waals surface area contributed by atoms with Crippen LogP contribution in [0.3, 0.4) is 0 Å². The van der Waals surface area contributed by atoms with Gasteiger partial charge in [-0.15, -0.1) is 0 Å². The molecule has 322 valence electrons. The van der Waals surface area contributed by atoms with Gasteiger partial charge in [-0.05, 0) is 37.7 Å². The van der Waals surface area contributed by atoms with E-state index < -0.39 is 72.6 Å². The Morgan fingerprint density at radius 3 is 2.00 bits per heavy atom. The molecule has 2 atom stereocenters. The Hall–Kier alpha value is -3.53. The largest absolute Gasteiger partial charge is 0.748 e. The summed E-state index contributed by atoms with van der Waals surface area (Å²) >= 11 is 7.74. The van der Waals surface area contributed by atoms with Crippen LogP contribution in [0.5, 0.6) is 5.75 Å². The van der Waals surface area contributed by atoms with Crippen molar-refractivity contribution >= 4 is 61.1 Å². The standard InChI is InChI=1S/C42H51F4N3O6S4/c1-41(2,47-4)27-31(32-33(43)35(45)37(36(46)34(32)44)55-24-13-14-25-57-38(50)29-17-9-7-10-18-29)28-42(3,58-39(56)30-19-11-8-12-20-30)40(51)48-21-15-22-49(5,6)23-16-26-59(52,53)54/h7-12,17-20,31H,13-16,21-28H2,1-3,5-6H3,(H-,48,51,52,53,54). The fraction of sp³-hybridized carbons (Fsp3) is 0.476. The summed E-state index contributed by atoms with van der Waals surface area (Å²) in [5.41, 5.74) is -1.10. The van der Waals surface area contributed by atoms with E-state index >= 15 is 17.6 Å². The molecule has 1 N–H and O–H groups in total. The van der Waals surface area contributed by atoms with Gasteiger partial charge in [0.2, 0.25) is 28.2 Å². The zero-order valence-electron chi connectivity index (χ0n) is 33.8. The van der Waals surface area contributed by atoms with Crippen LogP contribution in [0.25, 0.3) is 4.85 Å². The van der Waals surface area contributed by atoms with Crippen LogP contribution in [0.4, 0.5) is 17.6 Å². The molecule has 3 rings (SSSR count). The average Bonchev–Trinajstić information content (AvgIpc) is 3.17. The summed E-state index contributed by atoms with van der Waals surface area (Å²) in [5, 5.41) is 2.73. The lowest BCUT2D eigenvalue weighted by atomic mass is 9.79. The normalized spacial score (nSPS) is 13.6. The van der Waals surface area contributed by atoms with E-state index in [1.165, 1.54) is 20.8 Å². The summed E-state index contributed by atoms with van der Waals surface area (Å²) in [6.45, 7) is 13.1. The monoisotopic (exact) mass is 897 g/mol. The first-order valence-electron chi connectivity index (χ1n) is 19.0. The summed E-state index contributed by atoms with van der Waals surface area (Å²) in [6, 6.07) is 17.4. The van der Waals surface area contributed by atoms with Crippen molar-refractivity contribution in [2.45, 2.75) is 75.5 Å². The summed E-state index contributed by atoms with van der Waals surface area (Å²) in [5.74, 6) is -10.2. The maximum Gasteiger partial charge on any atom is 0.236 e. The first-order valence-corrected chi connectivity index (χ1v) is 22.8. The molecule has 0 fully saturated rings. The molecule has 0 bridgehead atoms.